The number of aromatic nitrogens is 2. The van der Waals surface area contributed by atoms with E-state index in [1.165, 1.54) is 153 Å². The van der Waals surface area contributed by atoms with Crippen molar-refractivity contribution in [3.63, 3.8) is 0 Å². The minimum absolute atomic E-state index is 0.0614. The van der Waals surface area contributed by atoms with Gasteiger partial charge in [-0.2, -0.15) is 0 Å². The number of fused-ring (bicyclic) bond motifs is 3. The molecule has 12 heteroatoms. The zero-order valence-corrected chi connectivity index (χ0v) is 55.2. The molecule has 3 unspecified atom stereocenters. The molecule has 80 heavy (non-hydrogen) atoms. The third-order valence-corrected chi connectivity index (χ3v) is 25.3. The molecule has 0 saturated carbocycles. The van der Waals surface area contributed by atoms with E-state index < -0.39 is 0 Å². The molecule has 5 nitrogen and oxygen atoms in total. The second-order valence-corrected chi connectivity index (χ2v) is 30.6. The van der Waals surface area contributed by atoms with Gasteiger partial charge in [-0.3, -0.25) is 14.5 Å². The van der Waals surface area contributed by atoms with Crippen LogP contribution in [0.15, 0.2) is 48.5 Å². The van der Waals surface area contributed by atoms with E-state index in [-0.39, 0.29) is 11.8 Å². The fourth-order valence-electron chi connectivity index (χ4n) is 11.9. The summed E-state index contributed by atoms with van der Waals surface area (Å²) < 4.78 is 2.36. The van der Waals surface area contributed by atoms with Crippen LogP contribution in [0.3, 0.4) is 0 Å². The number of thiophene rings is 5. The van der Waals surface area contributed by atoms with Crippen LogP contribution >= 0.6 is 79.4 Å². The van der Waals surface area contributed by atoms with Crippen molar-refractivity contribution in [1.82, 2.24) is 14.9 Å². The van der Waals surface area contributed by atoms with Crippen LogP contribution in [0.4, 0.5) is 0 Å². The van der Waals surface area contributed by atoms with Crippen LogP contribution in [0.1, 0.15) is 237 Å². The van der Waals surface area contributed by atoms with Crippen molar-refractivity contribution in [1.29, 1.82) is 0 Å². The van der Waals surface area contributed by atoms with Crippen molar-refractivity contribution in [3.8, 4) is 50.4 Å². The van der Waals surface area contributed by atoms with Crippen LogP contribution in [0.2, 0.25) is 0 Å². The van der Waals surface area contributed by atoms with Crippen molar-refractivity contribution >= 4 is 112 Å². The first-order valence-corrected chi connectivity index (χ1v) is 37.0. The number of benzene rings is 1. The first-order chi connectivity index (χ1) is 39.1. The molecule has 430 valence electrons. The highest BCUT2D eigenvalue weighted by atomic mass is 32.1. The summed E-state index contributed by atoms with van der Waals surface area (Å²) in [5.41, 5.74) is 5.78. The molecule has 0 fully saturated rings. The third kappa shape index (κ3) is 14.2. The molecule has 0 aliphatic carbocycles. The largest absolute Gasteiger partial charge is 0.274 e. The van der Waals surface area contributed by atoms with Crippen LogP contribution < -0.4 is 0 Å². The maximum atomic E-state index is 15.1. The van der Waals surface area contributed by atoms with Crippen LogP contribution in [-0.2, 0) is 25.7 Å². The van der Waals surface area contributed by atoms with Gasteiger partial charge in [0.15, 0.2) is 0 Å². The molecule has 0 bridgehead atoms. The highest BCUT2D eigenvalue weighted by Gasteiger charge is 2.43. The van der Waals surface area contributed by atoms with E-state index in [1.54, 1.807) is 27.6 Å². The number of imide groups is 1. The summed E-state index contributed by atoms with van der Waals surface area (Å²) >= 11 is 12.9. The average Bonchev–Trinajstić information content (AvgIpc) is 4.35. The molecule has 1 aliphatic rings. The minimum Gasteiger partial charge on any atom is -0.274 e. The topological polar surface area (TPSA) is 63.2 Å². The number of thiazole rings is 2. The molecule has 1 aliphatic heterocycles. The SMILES string of the molecule is CCCCCCCCC(CCCCCC)CN1C(=O)c2c(CCCC)sc(-c3ccc(-c4c5nc(-c6ccc(CC(CC)CCCC)s6)sc5c(-c5ccc(CC)s5)c5nc(-c6ccc(CC(CC)CCCC)s6)sc45)s3)c2C1=O. The van der Waals surface area contributed by atoms with E-state index in [4.69, 9.17) is 9.97 Å². The lowest BCUT2D eigenvalue weighted by molar-refractivity contribution is 0.0621. The van der Waals surface area contributed by atoms with Gasteiger partial charge in [-0.05, 0) is 111 Å². The maximum absolute atomic E-state index is 15.1. The molecule has 8 aromatic rings. The van der Waals surface area contributed by atoms with Gasteiger partial charge in [-0.25, -0.2) is 9.97 Å². The van der Waals surface area contributed by atoms with Crippen LogP contribution in [-0.4, -0.2) is 33.2 Å². The molecule has 8 heterocycles. The van der Waals surface area contributed by atoms with E-state index in [9.17, 15) is 4.79 Å². The number of nitrogens with zero attached hydrogens (tertiary/aromatic N) is 3. The number of unbranched alkanes of at least 4 members (excludes halogenated alkanes) is 11. The van der Waals surface area contributed by atoms with Gasteiger partial charge in [0.05, 0.1) is 46.2 Å². The molecule has 1 aromatic carbocycles. The summed E-state index contributed by atoms with van der Waals surface area (Å²) in [5.74, 6) is 1.59. The highest BCUT2D eigenvalue weighted by molar-refractivity contribution is 7.29. The molecule has 2 amide bonds. The summed E-state index contributed by atoms with van der Waals surface area (Å²) in [6.07, 6.45) is 30.6. The van der Waals surface area contributed by atoms with Crippen molar-refractivity contribution < 1.29 is 9.59 Å². The Kier molecular flexibility index (Phi) is 22.9. The Bertz CT molecular complexity index is 3150. The van der Waals surface area contributed by atoms with Gasteiger partial charge in [-0.1, -0.05) is 177 Å². The van der Waals surface area contributed by atoms with Crippen molar-refractivity contribution in [3.05, 3.63) is 79.2 Å². The van der Waals surface area contributed by atoms with Gasteiger partial charge in [0, 0.05) is 51.8 Å². The first kappa shape index (κ1) is 61.2. The number of carbonyl (C=O) groups is 2. The van der Waals surface area contributed by atoms with E-state index in [0.717, 1.165) is 104 Å². The zero-order chi connectivity index (χ0) is 56.1. The number of aryl methyl sites for hydroxylation is 2. The summed E-state index contributed by atoms with van der Waals surface area (Å²) in [6.45, 7) is 18.8. The Balaban J connectivity index is 1.15. The number of hydrogen-bond donors (Lipinski definition) is 0. The van der Waals surface area contributed by atoms with Gasteiger partial charge < -0.3 is 0 Å². The number of carbonyl (C=O) groups excluding carboxylic acids is 2. The fraction of sp³-hybridized carbons (Fsp3) is 0.559. The Labute approximate surface area is 508 Å². The fourth-order valence-corrected chi connectivity index (χ4v) is 20.2. The summed E-state index contributed by atoms with van der Waals surface area (Å²) in [5, 5.41) is 2.14. The van der Waals surface area contributed by atoms with E-state index in [0.29, 0.717) is 35.4 Å². The normalized spacial score (nSPS) is 14.0. The summed E-state index contributed by atoms with van der Waals surface area (Å²) in [6, 6.07) is 18.5. The van der Waals surface area contributed by atoms with Gasteiger partial charge in [0.25, 0.3) is 11.8 Å². The van der Waals surface area contributed by atoms with E-state index in [1.807, 2.05) is 56.7 Å². The lowest BCUT2D eigenvalue weighted by Gasteiger charge is -2.23. The standard InChI is InChI=1S/C68H89N3O2S7/c1-9-17-22-24-25-27-31-46(30-26-23-18-10-2)43-71-67(72)56-50(32-21-13-5)78-62(59(56)68(71)73)53-40-39-52(77-53)58-61-63(79-66(70-61)55-38-35-49(76-55)42-45(15-7)29-20-12-4)57(51-36-33-47(16-8)74-51)60-64(58)80-65(69-60)54-37-34-48(75-54)41-44(14-6)28-19-11-3/h33-40,44-46H,9-32,41-43H2,1-8H3. The first-order valence-electron chi connectivity index (χ1n) is 31.3. The van der Waals surface area contributed by atoms with Crippen molar-refractivity contribution in [2.24, 2.45) is 17.8 Å². The molecule has 3 atom stereocenters. The summed E-state index contributed by atoms with van der Waals surface area (Å²) in [7, 11) is 0. The lowest BCUT2D eigenvalue weighted by atomic mass is 9.93. The molecule has 0 N–H and O–H groups in total. The van der Waals surface area contributed by atoms with Crippen LogP contribution in [0.25, 0.3) is 70.8 Å². The Morgan fingerprint density at radius 3 is 1.40 bits per heavy atom. The predicted octanol–water partition coefficient (Wildman–Crippen LogP) is 23.9. The molecule has 0 radical (unpaired) electrons. The lowest BCUT2D eigenvalue weighted by Crippen LogP contribution is -2.35. The van der Waals surface area contributed by atoms with Gasteiger partial charge in [0.1, 0.15) is 10.0 Å². The number of rotatable bonds is 35. The van der Waals surface area contributed by atoms with Crippen LogP contribution in [0, 0.1) is 17.8 Å². The van der Waals surface area contributed by atoms with E-state index >= 15 is 4.79 Å². The quantitative estimate of drug-likeness (QED) is 0.0293. The molecule has 9 rings (SSSR count). The maximum Gasteiger partial charge on any atom is 0.263 e. The van der Waals surface area contributed by atoms with Crippen molar-refractivity contribution in [2.75, 3.05) is 6.54 Å². The zero-order valence-electron chi connectivity index (χ0n) is 49.5. The molecular weight excluding hydrogens is 1120 g/mol. The minimum atomic E-state index is -0.0832. The molecular formula is C68H89N3O2S7. The van der Waals surface area contributed by atoms with E-state index in [2.05, 4.69) is 104 Å². The van der Waals surface area contributed by atoms with Crippen LogP contribution in [0.5, 0.6) is 0 Å². The average molecular weight is 1200 g/mol. The molecule has 7 aromatic heterocycles. The Hall–Kier alpha value is -3.36. The van der Waals surface area contributed by atoms with Gasteiger partial charge in [-0.15, -0.1) is 79.4 Å². The Morgan fingerprint density at radius 2 is 0.863 bits per heavy atom. The number of hydrogen-bond acceptors (Lipinski definition) is 11. The Morgan fingerprint density at radius 1 is 0.412 bits per heavy atom. The second-order valence-electron chi connectivity index (χ2n) is 22.9. The highest BCUT2D eigenvalue weighted by Crippen LogP contribution is 2.54. The predicted molar refractivity (Wildman–Crippen MR) is 357 cm³/mol. The monoisotopic (exact) mass is 1200 g/mol. The number of amides is 2. The van der Waals surface area contributed by atoms with Gasteiger partial charge >= 0.3 is 0 Å². The van der Waals surface area contributed by atoms with Gasteiger partial charge in [0.2, 0.25) is 0 Å². The second kappa shape index (κ2) is 29.9. The molecule has 0 spiro atoms. The summed E-state index contributed by atoms with van der Waals surface area (Å²) in [4.78, 5) is 55.3. The third-order valence-electron chi connectivity index (χ3n) is 16.9. The van der Waals surface area contributed by atoms with Crippen molar-refractivity contribution in [2.45, 2.75) is 222 Å². The molecule has 0 saturated heterocycles. The smallest absolute Gasteiger partial charge is 0.263 e.